The van der Waals surface area contributed by atoms with Gasteiger partial charge in [0.2, 0.25) is 0 Å². The Balaban J connectivity index is 2.39. The van der Waals surface area contributed by atoms with Crippen molar-refractivity contribution in [2.75, 3.05) is 7.11 Å². The van der Waals surface area contributed by atoms with Crippen molar-refractivity contribution < 1.29 is 13.9 Å². The van der Waals surface area contributed by atoms with Crippen molar-refractivity contribution in [2.45, 2.75) is 0 Å². The summed E-state index contributed by atoms with van der Waals surface area (Å²) in [6.07, 6.45) is 1.21. The van der Waals surface area contributed by atoms with E-state index in [1.54, 1.807) is 6.07 Å². The minimum atomic E-state index is -0.695. The van der Waals surface area contributed by atoms with Crippen LogP contribution in [0.2, 0.25) is 0 Å². The lowest BCUT2D eigenvalue weighted by Crippen LogP contribution is -2.11. The number of halogens is 1. The lowest BCUT2D eigenvalue weighted by molar-refractivity contribution is 0.0587. The van der Waals surface area contributed by atoms with Crippen LogP contribution in [0.1, 0.15) is 16.2 Å². The fourth-order valence-corrected chi connectivity index (χ4v) is 1.54. The highest BCUT2D eigenvalue weighted by molar-refractivity contribution is 7.80. The van der Waals surface area contributed by atoms with Crippen molar-refractivity contribution in [3.8, 4) is 5.69 Å². The molecule has 1 aromatic carbocycles. The number of rotatable bonds is 3. The number of carbonyl (C=O) groups is 1. The highest BCUT2D eigenvalue weighted by atomic mass is 32.1. The molecule has 0 amide bonds. The Morgan fingerprint density at radius 2 is 2.26 bits per heavy atom. The van der Waals surface area contributed by atoms with E-state index in [0.29, 0.717) is 5.56 Å². The van der Waals surface area contributed by atoms with Crippen molar-refractivity contribution in [1.29, 1.82) is 0 Å². The van der Waals surface area contributed by atoms with Crippen LogP contribution in [0.15, 0.2) is 24.5 Å². The van der Waals surface area contributed by atoms with Crippen LogP contribution >= 0.6 is 12.2 Å². The number of hydrogen-bond acceptors (Lipinski definition) is 5. The molecule has 0 unspecified atom stereocenters. The van der Waals surface area contributed by atoms with Crippen molar-refractivity contribution >= 4 is 23.2 Å². The molecule has 0 saturated heterocycles. The number of benzene rings is 1. The summed E-state index contributed by atoms with van der Waals surface area (Å²) in [6, 6.07) is 4.19. The third kappa shape index (κ3) is 2.58. The van der Waals surface area contributed by atoms with Gasteiger partial charge in [-0.05, 0) is 18.2 Å². The van der Waals surface area contributed by atoms with Crippen LogP contribution in [0.4, 0.5) is 4.39 Å². The summed E-state index contributed by atoms with van der Waals surface area (Å²) >= 11 is 4.75. The number of aromatic nitrogens is 3. The first kappa shape index (κ1) is 13.1. The number of thiocarbonyl (C=S) groups is 1. The second kappa shape index (κ2) is 5.11. The van der Waals surface area contributed by atoms with Crippen LogP contribution in [0.5, 0.6) is 0 Å². The summed E-state index contributed by atoms with van der Waals surface area (Å²) in [5.74, 6) is -1.43. The van der Waals surface area contributed by atoms with E-state index < -0.39 is 11.8 Å². The standard InChI is InChI=1S/C11H9FN4O2S/c1-18-11(17)10-14-5-16(15-10)8-3-2-6(9(13)19)4-7(8)12/h2-5H,1H3,(H2,13,19). The molecule has 19 heavy (non-hydrogen) atoms. The maximum atomic E-state index is 13.9. The largest absolute Gasteiger partial charge is 0.463 e. The Bertz CT molecular complexity index is 656. The molecule has 6 nitrogen and oxygen atoms in total. The van der Waals surface area contributed by atoms with E-state index in [4.69, 9.17) is 18.0 Å². The Labute approximate surface area is 113 Å². The molecule has 0 atom stereocenters. The van der Waals surface area contributed by atoms with Gasteiger partial charge in [0.15, 0.2) is 0 Å². The fourth-order valence-electron chi connectivity index (χ4n) is 1.41. The van der Waals surface area contributed by atoms with Gasteiger partial charge in [-0.2, -0.15) is 0 Å². The third-order valence-electron chi connectivity index (χ3n) is 2.34. The van der Waals surface area contributed by atoms with E-state index in [2.05, 4.69) is 14.8 Å². The van der Waals surface area contributed by atoms with E-state index in [0.717, 1.165) is 4.68 Å². The minimum Gasteiger partial charge on any atom is -0.463 e. The number of nitrogens with two attached hydrogens (primary N) is 1. The second-order valence-corrected chi connectivity index (χ2v) is 3.97. The van der Waals surface area contributed by atoms with Crippen LogP contribution in [-0.2, 0) is 4.74 Å². The van der Waals surface area contributed by atoms with Gasteiger partial charge < -0.3 is 10.5 Å². The van der Waals surface area contributed by atoms with Crippen molar-refractivity contribution in [2.24, 2.45) is 5.73 Å². The fraction of sp³-hybridized carbons (Fsp3) is 0.0909. The predicted octanol–water partition coefficient (Wildman–Crippen LogP) is 0.827. The molecule has 2 rings (SSSR count). The Morgan fingerprint density at radius 1 is 1.53 bits per heavy atom. The number of methoxy groups -OCH3 is 1. The molecule has 0 aliphatic rings. The Hall–Kier alpha value is -2.35. The molecule has 8 heteroatoms. The first-order valence-electron chi connectivity index (χ1n) is 5.12. The van der Waals surface area contributed by atoms with Crippen molar-refractivity contribution in [1.82, 2.24) is 14.8 Å². The van der Waals surface area contributed by atoms with Crippen molar-refractivity contribution in [3.05, 3.63) is 41.7 Å². The van der Waals surface area contributed by atoms with Gasteiger partial charge in [0.05, 0.1) is 7.11 Å². The number of nitrogens with zero attached hydrogens (tertiary/aromatic N) is 3. The summed E-state index contributed by atoms with van der Waals surface area (Å²) in [5, 5.41) is 3.81. The SMILES string of the molecule is COC(=O)c1ncn(-c2ccc(C(N)=S)cc2F)n1. The molecular weight excluding hydrogens is 271 g/mol. The van der Waals surface area contributed by atoms with E-state index in [1.807, 2.05) is 0 Å². The molecule has 0 aliphatic carbocycles. The van der Waals surface area contributed by atoms with Gasteiger partial charge in [0, 0.05) is 5.56 Å². The summed E-state index contributed by atoms with van der Waals surface area (Å²) in [6.45, 7) is 0. The van der Waals surface area contributed by atoms with Gasteiger partial charge in [-0.25, -0.2) is 18.9 Å². The number of esters is 1. The molecule has 1 aromatic heterocycles. The first-order chi connectivity index (χ1) is 9.02. The highest BCUT2D eigenvalue weighted by Gasteiger charge is 2.14. The lowest BCUT2D eigenvalue weighted by atomic mass is 10.2. The molecular formula is C11H9FN4O2S. The smallest absolute Gasteiger partial charge is 0.377 e. The second-order valence-electron chi connectivity index (χ2n) is 3.53. The minimum absolute atomic E-state index is 0.0966. The molecule has 0 spiro atoms. The maximum Gasteiger partial charge on any atom is 0.377 e. The summed E-state index contributed by atoms with van der Waals surface area (Å²) < 4.78 is 19.5. The molecule has 2 aromatic rings. The molecule has 0 bridgehead atoms. The molecule has 0 saturated carbocycles. The van der Waals surface area contributed by atoms with Crippen LogP contribution in [0, 0.1) is 5.82 Å². The molecule has 0 fully saturated rings. The van der Waals surface area contributed by atoms with Gasteiger partial charge in [-0.3, -0.25) is 0 Å². The average molecular weight is 280 g/mol. The molecule has 1 heterocycles. The van der Waals surface area contributed by atoms with Gasteiger partial charge in [-0.1, -0.05) is 12.2 Å². The number of carbonyl (C=O) groups excluding carboxylic acids is 1. The zero-order valence-corrected chi connectivity index (χ0v) is 10.6. The summed E-state index contributed by atoms with van der Waals surface area (Å²) in [7, 11) is 1.21. The molecule has 2 N–H and O–H groups in total. The summed E-state index contributed by atoms with van der Waals surface area (Å²) in [4.78, 5) is 15.0. The average Bonchev–Trinajstić information content (AvgIpc) is 2.87. The van der Waals surface area contributed by atoms with Gasteiger partial charge in [0.1, 0.15) is 22.8 Å². The van der Waals surface area contributed by atoms with E-state index in [-0.39, 0.29) is 16.5 Å². The molecule has 0 aliphatic heterocycles. The van der Waals surface area contributed by atoms with Crippen LogP contribution in [0.3, 0.4) is 0 Å². The van der Waals surface area contributed by atoms with Gasteiger partial charge in [-0.15, -0.1) is 5.10 Å². The topological polar surface area (TPSA) is 83.0 Å². The Morgan fingerprint density at radius 3 is 2.84 bits per heavy atom. The van der Waals surface area contributed by atoms with Crippen LogP contribution in [-0.4, -0.2) is 32.8 Å². The monoisotopic (exact) mass is 280 g/mol. The van der Waals surface area contributed by atoms with E-state index >= 15 is 0 Å². The molecule has 0 radical (unpaired) electrons. The predicted molar refractivity (Wildman–Crippen MR) is 68.5 cm³/mol. The summed E-state index contributed by atoms with van der Waals surface area (Å²) in [5.41, 5.74) is 5.94. The zero-order valence-electron chi connectivity index (χ0n) is 9.83. The quantitative estimate of drug-likeness (QED) is 0.662. The first-order valence-corrected chi connectivity index (χ1v) is 5.53. The zero-order chi connectivity index (χ0) is 14.0. The highest BCUT2D eigenvalue weighted by Crippen LogP contribution is 2.14. The third-order valence-corrected chi connectivity index (χ3v) is 2.57. The van der Waals surface area contributed by atoms with E-state index in [1.165, 1.54) is 25.6 Å². The van der Waals surface area contributed by atoms with Crippen molar-refractivity contribution in [3.63, 3.8) is 0 Å². The Kier molecular flexibility index (Phi) is 3.52. The number of ether oxygens (including phenoxy) is 1. The normalized spacial score (nSPS) is 10.2. The maximum absolute atomic E-state index is 13.9. The van der Waals surface area contributed by atoms with Gasteiger partial charge in [0.25, 0.3) is 5.82 Å². The lowest BCUT2D eigenvalue weighted by Gasteiger charge is -2.04. The number of hydrogen-bond donors (Lipinski definition) is 1. The van der Waals surface area contributed by atoms with Gasteiger partial charge >= 0.3 is 5.97 Å². The van der Waals surface area contributed by atoms with E-state index in [9.17, 15) is 9.18 Å². The van der Waals surface area contributed by atoms with Crippen LogP contribution < -0.4 is 5.73 Å². The molecule has 98 valence electrons. The van der Waals surface area contributed by atoms with Crippen LogP contribution in [0.25, 0.3) is 5.69 Å².